The van der Waals surface area contributed by atoms with Crippen molar-refractivity contribution in [2.45, 2.75) is 13.3 Å². The molecule has 0 unspecified atom stereocenters. The fraction of sp³-hybridized carbons (Fsp3) is 0.222. The lowest BCUT2D eigenvalue weighted by molar-refractivity contribution is 0.0794. The van der Waals surface area contributed by atoms with E-state index in [9.17, 15) is 4.79 Å². The maximum atomic E-state index is 12.6. The Balaban J connectivity index is 2.19. The molecule has 3 nitrogen and oxygen atoms in total. The van der Waals surface area contributed by atoms with Gasteiger partial charge in [0.05, 0.1) is 10.7 Å². The second-order valence-corrected chi connectivity index (χ2v) is 6.06. The molecule has 0 bridgehead atoms. The molecule has 2 aromatic rings. The normalized spacial score (nSPS) is 10.2. The molecule has 0 spiro atoms. The molecular weight excluding hydrogens is 292 g/mol. The van der Waals surface area contributed by atoms with Crippen LogP contribution in [0.25, 0.3) is 0 Å². The van der Waals surface area contributed by atoms with Crippen LogP contribution in [0.2, 0.25) is 0 Å². The van der Waals surface area contributed by atoms with Gasteiger partial charge >= 0.3 is 0 Å². The van der Waals surface area contributed by atoms with Crippen LogP contribution in [0.5, 0.6) is 0 Å². The molecule has 2 rings (SSSR count). The Morgan fingerprint density at radius 2 is 1.86 bits per heavy atom. The van der Waals surface area contributed by atoms with Crippen LogP contribution in [-0.4, -0.2) is 28.9 Å². The number of amides is 1. The zero-order valence-corrected chi connectivity index (χ0v) is 13.6. The number of hydrogen-bond donors (Lipinski definition) is 0. The van der Waals surface area contributed by atoms with Gasteiger partial charge in [0.25, 0.3) is 5.91 Å². The van der Waals surface area contributed by atoms with Crippen LogP contribution < -0.4 is 0 Å². The van der Waals surface area contributed by atoms with Gasteiger partial charge in [-0.05, 0) is 12.5 Å². The maximum Gasteiger partial charge on any atom is 0.266 e. The number of carbonyl (C=O) groups excluding carboxylic acids is 1. The molecule has 0 saturated carbocycles. The number of aryl methyl sites for hydroxylation is 1. The summed E-state index contributed by atoms with van der Waals surface area (Å²) in [5, 5.41) is 0.962. The van der Waals surface area contributed by atoms with E-state index in [0.717, 1.165) is 17.1 Å². The minimum Gasteiger partial charge on any atom is -0.330 e. The van der Waals surface area contributed by atoms with Gasteiger partial charge in [0, 0.05) is 19.5 Å². The summed E-state index contributed by atoms with van der Waals surface area (Å²) >= 11 is 1.47. The molecule has 22 heavy (non-hydrogen) atoms. The molecule has 114 valence electrons. The molecule has 0 N–H and O–H groups in total. The van der Waals surface area contributed by atoms with Gasteiger partial charge in [0.15, 0.2) is 0 Å². The van der Waals surface area contributed by atoms with Gasteiger partial charge in [0.1, 0.15) is 4.88 Å². The standard InChI is InChI=1S/C18H20N2OS/c1-4-11-20(12-5-2)18(21)17-14(3)19-16(22-17)13-15-9-7-6-8-10-15/h4-10H,1-2,11-13H2,3H3. The van der Waals surface area contributed by atoms with Crippen LogP contribution in [-0.2, 0) is 6.42 Å². The van der Waals surface area contributed by atoms with Crippen LogP contribution >= 0.6 is 11.3 Å². The minimum absolute atomic E-state index is 0.00545. The largest absolute Gasteiger partial charge is 0.330 e. The number of benzene rings is 1. The first-order valence-electron chi connectivity index (χ1n) is 7.17. The van der Waals surface area contributed by atoms with Crippen LogP contribution in [0.3, 0.4) is 0 Å². The summed E-state index contributed by atoms with van der Waals surface area (Å²) in [5.74, 6) is -0.00545. The van der Waals surface area contributed by atoms with Crippen molar-refractivity contribution < 1.29 is 4.79 Å². The number of carbonyl (C=O) groups is 1. The minimum atomic E-state index is -0.00545. The van der Waals surface area contributed by atoms with Gasteiger partial charge in [-0.3, -0.25) is 4.79 Å². The second kappa shape index (κ2) is 7.71. The molecule has 0 aliphatic heterocycles. The molecular formula is C18H20N2OS. The fourth-order valence-electron chi connectivity index (χ4n) is 2.19. The molecule has 0 aliphatic rings. The van der Waals surface area contributed by atoms with E-state index in [4.69, 9.17) is 0 Å². The first kappa shape index (κ1) is 16.2. The van der Waals surface area contributed by atoms with E-state index in [0.29, 0.717) is 18.0 Å². The molecule has 4 heteroatoms. The lowest BCUT2D eigenvalue weighted by atomic mass is 10.2. The van der Waals surface area contributed by atoms with Crippen molar-refractivity contribution >= 4 is 17.2 Å². The van der Waals surface area contributed by atoms with Gasteiger partial charge in [-0.25, -0.2) is 4.98 Å². The lowest BCUT2D eigenvalue weighted by Crippen LogP contribution is -2.31. The van der Waals surface area contributed by atoms with Crippen molar-refractivity contribution in [1.82, 2.24) is 9.88 Å². The number of thiazole rings is 1. The molecule has 1 amide bonds. The second-order valence-electron chi connectivity index (χ2n) is 4.97. The van der Waals surface area contributed by atoms with E-state index < -0.39 is 0 Å². The summed E-state index contributed by atoms with van der Waals surface area (Å²) in [7, 11) is 0. The summed E-state index contributed by atoms with van der Waals surface area (Å²) in [6, 6.07) is 10.2. The molecule has 1 heterocycles. The third-order valence-corrected chi connectivity index (χ3v) is 4.36. The van der Waals surface area contributed by atoms with E-state index in [1.165, 1.54) is 16.9 Å². The van der Waals surface area contributed by atoms with Crippen molar-refractivity contribution in [3.8, 4) is 0 Å². The number of hydrogen-bond acceptors (Lipinski definition) is 3. The van der Waals surface area contributed by atoms with Crippen molar-refractivity contribution in [3.63, 3.8) is 0 Å². The molecule has 0 atom stereocenters. The van der Waals surface area contributed by atoms with Crippen LogP contribution in [0.15, 0.2) is 55.6 Å². The average molecular weight is 312 g/mol. The molecule has 1 aromatic heterocycles. The lowest BCUT2D eigenvalue weighted by Gasteiger charge is -2.18. The quantitative estimate of drug-likeness (QED) is 0.727. The Bertz CT molecular complexity index is 651. The number of rotatable bonds is 7. The van der Waals surface area contributed by atoms with Gasteiger partial charge in [-0.2, -0.15) is 0 Å². The molecule has 0 fully saturated rings. The number of aromatic nitrogens is 1. The van der Waals surface area contributed by atoms with Crippen molar-refractivity contribution in [3.05, 3.63) is 76.8 Å². The fourth-order valence-corrected chi connectivity index (χ4v) is 3.26. The Morgan fingerprint density at radius 3 is 2.45 bits per heavy atom. The molecule has 0 radical (unpaired) electrons. The summed E-state index contributed by atoms with van der Waals surface area (Å²) in [5.41, 5.74) is 1.99. The summed E-state index contributed by atoms with van der Waals surface area (Å²) in [6.45, 7) is 10.3. The van der Waals surface area contributed by atoms with E-state index in [-0.39, 0.29) is 5.91 Å². The third kappa shape index (κ3) is 3.92. The van der Waals surface area contributed by atoms with Gasteiger partial charge in [0.2, 0.25) is 0 Å². The van der Waals surface area contributed by atoms with E-state index in [2.05, 4.69) is 30.3 Å². The monoisotopic (exact) mass is 312 g/mol. The Kier molecular flexibility index (Phi) is 5.67. The van der Waals surface area contributed by atoms with Crippen molar-refractivity contribution in [1.29, 1.82) is 0 Å². The topological polar surface area (TPSA) is 33.2 Å². The Labute approximate surface area is 135 Å². The van der Waals surface area contributed by atoms with Gasteiger partial charge in [-0.15, -0.1) is 24.5 Å². The average Bonchev–Trinajstić information content (AvgIpc) is 2.88. The van der Waals surface area contributed by atoms with Crippen molar-refractivity contribution in [2.75, 3.05) is 13.1 Å². The van der Waals surface area contributed by atoms with Crippen LogP contribution in [0, 0.1) is 6.92 Å². The van der Waals surface area contributed by atoms with Gasteiger partial charge < -0.3 is 4.90 Å². The first-order valence-corrected chi connectivity index (χ1v) is 7.98. The smallest absolute Gasteiger partial charge is 0.266 e. The highest BCUT2D eigenvalue weighted by Crippen LogP contribution is 2.22. The molecule has 0 saturated heterocycles. The summed E-state index contributed by atoms with van der Waals surface area (Å²) in [6.07, 6.45) is 4.20. The van der Waals surface area contributed by atoms with E-state index >= 15 is 0 Å². The highest BCUT2D eigenvalue weighted by Gasteiger charge is 2.20. The van der Waals surface area contributed by atoms with Crippen LogP contribution in [0.4, 0.5) is 0 Å². The SMILES string of the molecule is C=CCN(CC=C)C(=O)c1sc(Cc2ccccc2)nc1C. The van der Waals surface area contributed by atoms with Crippen molar-refractivity contribution in [2.24, 2.45) is 0 Å². The van der Waals surface area contributed by atoms with Gasteiger partial charge in [-0.1, -0.05) is 42.5 Å². The van der Waals surface area contributed by atoms with E-state index in [1.807, 2.05) is 25.1 Å². The third-order valence-electron chi connectivity index (χ3n) is 3.22. The zero-order valence-electron chi connectivity index (χ0n) is 12.8. The summed E-state index contributed by atoms with van der Waals surface area (Å²) < 4.78 is 0. The highest BCUT2D eigenvalue weighted by atomic mass is 32.1. The van der Waals surface area contributed by atoms with Crippen LogP contribution in [0.1, 0.15) is 25.9 Å². The predicted octanol–water partition coefficient (Wildman–Crippen LogP) is 3.86. The Morgan fingerprint density at radius 1 is 1.23 bits per heavy atom. The first-order chi connectivity index (χ1) is 10.7. The zero-order chi connectivity index (χ0) is 15.9. The highest BCUT2D eigenvalue weighted by molar-refractivity contribution is 7.13. The van der Waals surface area contributed by atoms with E-state index in [1.54, 1.807) is 17.1 Å². The molecule has 0 aliphatic carbocycles. The Hall–Kier alpha value is -2.20. The molecule has 1 aromatic carbocycles. The maximum absolute atomic E-state index is 12.6. The summed E-state index contributed by atoms with van der Waals surface area (Å²) in [4.78, 5) is 19.6. The number of nitrogens with zero attached hydrogens (tertiary/aromatic N) is 2. The predicted molar refractivity (Wildman–Crippen MR) is 92.4 cm³/mol.